The minimum absolute atomic E-state index is 0.131. The maximum Gasteiger partial charge on any atom is 0.276 e. The Kier molecular flexibility index (Phi) is 5.50. The van der Waals surface area contributed by atoms with Crippen LogP contribution in [0.5, 0.6) is 0 Å². The summed E-state index contributed by atoms with van der Waals surface area (Å²) in [6.07, 6.45) is 3.74. The monoisotopic (exact) mass is 352 g/mol. The summed E-state index contributed by atoms with van der Waals surface area (Å²) in [5, 5.41) is 8.08. The highest BCUT2D eigenvalue weighted by molar-refractivity contribution is 7.98. The fourth-order valence-electron chi connectivity index (χ4n) is 2.52. The molecule has 0 aliphatic rings. The summed E-state index contributed by atoms with van der Waals surface area (Å²) in [4.78, 5) is 15.4. The van der Waals surface area contributed by atoms with Crippen molar-refractivity contribution in [1.82, 2.24) is 19.9 Å². The lowest BCUT2D eigenvalue weighted by Gasteiger charge is -2.15. The standard InChI is InChI=1S/C19H20N4OS/c1-22(12-16-8-10-17(25-2)11-9-16)19(24)18-14-23(21-20-18)13-15-6-4-3-5-7-15/h3-11,14H,12-13H2,1-2H3. The number of nitrogens with zero attached hydrogens (tertiary/aromatic N) is 4. The summed E-state index contributed by atoms with van der Waals surface area (Å²) >= 11 is 1.70. The number of hydrogen-bond donors (Lipinski definition) is 0. The van der Waals surface area contributed by atoms with Gasteiger partial charge in [0.2, 0.25) is 0 Å². The number of aromatic nitrogens is 3. The van der Waals surface area contributed by atoms with Crippen LogP contribution in [0.15, 0.2) is 65.7 Å². The van der Waals surface area contributed by atoms with Crippen LogP contribution in [-0.4, -0.2) is 39.1 Å². The van der Waals surface area contributed by atoms with Gasteiger partial charge in [0.1, 0.15) is 0 Å². The molecule has 0 N–H and O–H groups in total. The van der Waals surface area contributed by atoms with Crippen LogP contribution in [0.2, 0.25) is 0 Å². The fraction of sp³-hybridized carbons (Fsp3) is 0.211. The molecule has 128 valence electrons. The molecule has 0 unspecified atom stereocenters. The van der Waals surface area contributed by atoms with E-state index in [-0.39, 0.29) is 5.91 Å². The van der Waals surface area contributed by atoms with Gasteiger partial charge in [-0.2, -0.15) is 0 Å². The van der Waals surface area contributed by atoms with E-state index in [1.165, 1.54) is 4.90 Å². The van der Waals surface area contributed by atoms with Gasteiger partial charge in [0.05, 0.1) is 12.7 Å². The number of carbonyl (C=O) groups excluding carboxylic acids is 1. The molecule has 0 spiro atoms. The highest BCUT2D eigenvalue weighted by Gasteiger charge is 2.16. The van der Waals surface area contributed by atoms with Gasteiger partial charge in [-0.25, -0.2) is 4.68 Å². The number of rotatable bonds is 6. The van der Waals surface area contributed by atoms with E-state index in [9.17, 15) is 4.79 Å². The molecule has 3 aromatic rings. The average molecular weight is 352 g/mol. The Bertz CT molecular complexity index is 830. The molecular formula is C19H20N4OS. The van der Waals surface area contributed by atoms with Crippen LogP contribution < -0.4 is 0 Å². The third kappa shape index (κ3) is 4.48. The zero-order valence-electron chi connectivity index (χ0n) is 14.3. The molecule has 0 aliphatic carbocycles. The number of amides is 1. The quantitative estimate of drug-likeness (QED) is 0.639. The molecule has 0 bridgehead atoms. The molecular weight excluding hydrogens is 332 g/mol. The number of benzene rings is 2. The zero-order valence-corrected chi connectivity index (χ0v) is 15.1. The lowest BCUT2D eigenvalue weighted by atomic mass is 10.2. The maximum absolute atomic E-state index is 12.5. The van der Waals surface area contributed by atoms with Crippen molar-refractivity contribution in [1.29, 1.82) is 0 Å². The van der Waals surface area contributed by atoms with Crippen LogP contribution in [0.1, 0.15) is 21.6 Å². The first-order valence-corrected chi connectivity index (χ1v) is 9.20. The summed E-state index contributed by atoms with van der Waals surface area (Å²) in [6.45, 7) is 1.14. The van der Waals surface area contributed by atoms with E-state index in [4.69, 9.17) is 0 Å². The van der Waals surface area contributed by atoms with Crippen molar-refractivity contribution >= 4 is 17.7 Å². The third-order valence-electron chi connectivity index (χ3n) is 3.87. The Morgan fingerprint density at radius 1 is 1.08 bits per heavy atom. The predicted octanol–water partition coefficient (Wildman–Crippen LogP) is 3.32. The van der Waals surface area contributed by atoms with Crippen LogP contribution in [0, 0.1) is 0 Å². The molecule has 1 amide bonds. The van der Waals surface area contributed by atoms with E-state index in [1.54, 1.807) is 34.6 Å². The van der Waals surface area contributed by atoms with Crippen LogP contribution in [-0.2, 0) is 13.1 Å². The predicted molar refractivity (Wildman–Crippen MR) is 99.6 cm³/mol. The van der Waals surface area contributed by atoms with Gasteiger partial charge in [0, 0.05) is 18.5 Å². The van der Waals surface area contributed by atoms with Gasteiger partial charge >= 0.3 is 0 Å². The Morgan fingerprint density at radius 2 is 1.80 bits per heavy atom. The van der Waals surface area contributed by atoms with Crippen LogP contribution >= 0.6 is 11.8 Å². The van der Waals surface area contributed by atoms with Gasteiger partial charge < -0.3 is 4.90 Å². The van der Waals surface area contributed by atoms with E-state index < -0.39 is 0 Å². The van der Waals surface area contributed by atoms with E-state index in [2.05, 4.69) is 22.4 Å². The Balaban J connectivity index is 1.63. The molecule has 5 nitrogen and oxygen atoms in total. The molecule has 6 heteroatoms. The lowest BCUT2D eigenvalue weighted by molar-refractivity contribution is 0.0779. The third-order valence-corrected chi connectivity index (χ3v) is 4.61. The summed E-state index contributed by atoms with van der Waals surface area (Å²) in [6, 6.07) is 18.2. The SMILES string of the molecule is CSc1ccc(CN(C)C(=O)c2cn(Cc3ccccc3)nn2)cc1. The minimum Gasteiger partial charge on any atom is -0.336 e. The Hall–Kier alpha value is -2.60. The molecule has 1 heterocycles. The highest BCUT2D eigenvalue weighted by atomic mass is 32.2. The van der Waals surface area contributed by atoms with Crippen molar-refractivity contribution < 1.29 is 4.79 Å². The molecule has 25 heavy (non-hydrogen) atoms. The molecule has 0 radical (unpaired) electrons. The van der Waals surface area contributed by atoms with Crippen molar-refractivity contribution in [3.05, 3.63) is 77.6 Å². The van der Waals surface area contributed by atoms with Gasteiger partial charge in [-0.05, 0) is 29.5 Å². The molecule has 0 saturated carbocycles. The second kappa shape index (κ2) is 7.98. The van der Waals surface area contributed by atoms with Gasteiger partial charge in [0.25, 0.3) is 5.91 Å². The van der Waals surface area contributed by atoms with E-state index in [0.717, 1.165) is 11.1 Å². The Morgan fingerprint density at radius 3 is 2.48 bits per heavy atom. The summed E-state index contributed by atoms with van der Waals surface area (Å²) in [5.74, 6) is -0.131. The second-order valence-electron chi connectivity index (χ2n) is 5.80. The van der Waals surface area contributed by atoms with E-state index in [0.29, 0.717) is 18.8 Å². The van der Waals surface area contributed by atoms with Gasteiger partial charge in [0.15, 0.2) is 5.69 Å². The lowest BCUT2D eigenvalue weighted by Crippen LogP contribution is -2.26. The highest BCUT2D eigenvalue weighted by Crippen LogP contribution is 2.16. The second-order valence-corrected chi connectivity index (χ2v) is 6.68. The van der Waals surface area contributed by atoms with Crippen molar-refractivity contribution in [3.8, 4) is 0 Å². The van der Waals surface area contributed by atoms with Gasteiger partial charge in [-0.3, -0.25) is 4.79 Å². The largest absolute Gasteiger partial charge is 0.336 e. The van der Waals surface area contributed by atoms with Crippen molar-refractivity contribution in [2.45, 2.75) is 18.0 Å². The summed E-state index contributed by atoms with van der Waals surface area (Å²) in [7, 11) is 1.78. The molecule has 0 atom stereocenters. The fourth-order valence-corrected chi connectivity index (χ4v) is 2.92. The number of thioether (sulfide) groups is 1. The number of hydrogen-bond acceptors (Lipinski definition) is 4. The summed E-state index contributed by atoms with van der Waals surface area (Å²) in [5.41, 5.74) is 2.57. The smallest absolute Gasteiger partial charge is 0.276 e. The minimum atomic E-state index is -0.131. The molecule has 1 aromatic heterocycles. The van der Waals surface area contributed by atoms with E-state index in [1.807, 2.05) is 48.7 Å². The van der Waals surface area contributed by atoms with Crippen LogP contribution in [0.3, 0.4) is 0 Å². The Labute approximate surface area is 151 Å². The molecule has 0 saturated heterocycles. The van der Waals surface area contributed by atoms with Crippen molar-refractivity contribution in [2.24, 2.45) is 0 Å². The topological polar surface area (TPSA) is 51.0 Å². The first-order chi connectivity index (χ1) is 12.2. The molecule has 3 rings (SSSR count). The first kappa shape index (κ1) is 17.2. The molecule has 0 fully saturated rings. The maximum atomic E-state index is 12.5. The van der Waals surface area contributed by atoms with Crippen molar-refractivity contribution in [3.63, 3.8) is 0 Å². The van der Waals surface area contributed by atoms with Crippen molar-refractivity contribution in [2.75, 3.05) is 13.3 Å². The average Bonchev–Trinajstić information content (AvgIpc) is 3.11. The summed E-state index contributed by atoms with van der Waals surface area (Å²) < 4.78 is 1.68. The van der Waals surface area contributed by atoms with E-state index >= 15 is 0 Å². The van der Waals surface area contributed by atoms with Gasteiger partial charge in [-0.1, -0.05) is 47.7 Å². The number of carbonyl (C=O) groups is 1. The zero-order chi connectivity index (χ0) is 17.6. The van der Waals surface area contributed by atoms with Gasteiger partial charge in [-0.15, -0.1) is 16.9 Å². The van der Waals surface area contributed by atoms with Crippen LogP contribution in [0.4, 0.5) is 0 Å². The normalized spacial score (nSPS) is 10.6. The molecule has 0 aliphatic heterocycles. The molecule has 2 aromatic carbocycles. The first-order valence-electron chi connectivity index (χ1n) is 7.98. The van der Waals surface area contributed by atoms with Crippen LogP contribution in [0.25, 0.3) is 0 Å².